The molecule has 0 amide bonds. The molecule has 1 aromatic carbocycles. The molecule has 0 saturated carbocycles. The summed E-state index contributed by atoms with van der Waals surface area (Å²) < 4.78 is 0. The largest absolute Gasteiger partial charge is 0.478 e. The molecule has 0 aliphatic carbocycles. The summed E-state index contributed by atoms with van der Waals surface area (Å²) in [6.45, 7) is 0. The summed E-state index contributed by atoms with van der Waals surface area (Å²) in [5.41, 5.74) is 6.16. The molecule has 0 aromatic heterocycles. The Labute approximate surface area is 81.1 Å². The number of carbonyl (C=O) groups is 1. The second kappa shape index (κ2) is 4.25. The molecular formula is C9H10ClNO2. The van der Waals surface area contributed by atoms with Gasteiger partial charge in [-0.05, 0) is 17.7 Å². The Morgan fingerprint density at radius 1 is 1.46 bits per heavy atom. The number of alkyl halides is 1. The van der Waals surface area contributed by atoms with Crippen LogP contribution in [0.1, 0.15) is 15.9 Å². The number of hydrogen-bond acceptors (Lipinski definition) is 2. The molecule has 1 unspecified atom stereocenters. The maximum Gasteiger partial charge on any atom is 0.335 e. The Kier molecular flexibility index (Phi) is 3.28. The average molecular weight is 200 g/mol. The summed E-state index contributed by atoms with van der Waals surface area (Å²) in [6, 6.07) is 6.51. The van der Waals surface area contributed by atoms with Crippen LogP contribution in [-0.2, 0) is 6.42 Å². The lowest BCUT2D eigenvalue weighted by atomic mass is 10.1. The lowest BCUT2D eigenvalue weighted by Crippen LogP contribution is -2.14. The highest BCUT2D eigenvalue weighted by molar-refractivity contribution is 6.20. The minimum absolute atomic E-state index is 0.270. The van der Waals surface area contributed by atoms with E-state index in [-0.39, 0.29) is 5.56 Å². The van der Waals surface area contributed by atoms with E-state index in [2.05, 4.69) is 0 Å². The highest BCUT2D eigenvalue weighted by Crippen LogP contribution is 2.07. The van der Waals surface area contributed by atoms with E-state index in [1.165, 1.54) is 12.1 Å². The van der Waals surface area contributed by atoms with E-state index in [0.29, 0.717) is 6.42 Å². The highest BCUT2D eigenvalue weighted by atomic mass is 35.5. The Morgan fingerprint density at radius 3 is 2.38 bits per heavy atom. The maximum atomic E-state index is 10.5. The second-order valence-corrected chi connectivity index (χ2v) is 3.28. The van der Waals surface area contributed by atoms with Crippen molar-refractivity contribution >= 4 is 17.6 Å². The van der Waals surface area contributed by atoms with Crippen molar-refractivity contribution in [3.05, 3.63) is 35.4 Å². The fourth-order valence-electron chi connectivity index (χ4n) is 1.01. The smallest absolute Gasteiger partial charge is 0.335 e. The van der Waals surface area contributed by atoms with Crippen molar-refractivity contribution < 1.29 is 9.90 Å². The first kappa shape index (κ1) is 10.0. The van der Waals surface area contributed by atoms with Gasteiger partial charge in [-0.3, -0.25) is 0 Å². The van der Waals surface area contributed by atoms with E-state index < -0.39 is 11.5 Å². The maximum absolute atomic E-state index is 10.5. The quantitative estimate of drug-likeness (QED) is 0.572. The summed E-state index contributed by atoms with van der Waals surface area (Å²) >= 11 is 5.58. The van der Waals surface area contributed by atoms with Gasteiger partial charge in [-0.2, -0.15) is 0 Å². The molecule has 13 heavy (non-hydrogen) atoms. The molecule has 0 aliphatic heterocycles. The van der Waals surface area contributed by atoms with Gasteiger partial charge in [0.2, 0.25) is 0 Å². The topological polar surface area (TPSA) is 63.3 Å². The van der Waals surface area contributed by atoms with Crippen molar-refractivity contribution in [3.63, 3.8) is 0 Å². The molecule has 4 heteroatoms. The normalized spacial score (nSPS) is 12.5. The molecular weight excluding hydrogens is 190 g/mol. The highest BCUT2D eigenvalue weighted by Gasteiger charge is 2.03. The van der Waals surface area contributed by atoms with Gasteiger partial charge in [0.05, 0.1) is 11.1 Å². The number of rotatable bonds is 3. The molecule has 1 rings (SSSR count). The molecule has 0 spiro atoms. The third kappa shape index (κ3) is 3.05. The van der Waals surface area contributed by atoms with Crippen molar-refractivity contribution in [2.24, 2.45) is 5.73 Å². The molecule has 3 nitrogen and oxygen atoms in total. The SMILES string of the molecule is NC(Cl)Cc1ccc(C(=O)O)cc1. The summed E-state index contributed by atoms with van der Waals surface area (Å²) in [6.07, 6.45) is 0.543. The molecule has 0 saturated heterocycles. The number of nitrogens with two attached hydrogens (primary N) is 1. The second-order valence-electron chi connectivity index (χ2n) is 2.72. The fraction of sp³-hybridized carbons (Fsp3) is 0.222. The number of halogens is 1. The van der Waals surface area contributed by atoms with Gasteiger partial charge in [0.15, 0.2) is 0 Å². The van der Waals surface area contributed by atoms with E-state index >= 15 is 0 Å². The summed E-state index contributed by atoms with van der Waals surface area (Å²) in [5, 5.41) is 8.61. The van der Waals surface area contributed by atoms with Crippen LogP contribution in [0.2, 0.25) is 0 Å². The van der Waals surface area contributed by atoms with Crippen LogP contribution in [0.3, 0.4) is 0 Å². The van der Waals surface area contributed by atoms with Crippen LogP contribution in [0.5, 0.6) is 0 Å². The van der Waals surface area contributed by atoms with Crippen LogP contribution >= 0.6 is 11.6 Å². The van der Waals surface area contributed by atoms with Crippen LogP contribution in [0.15, 0.2) is 24.3 Å². The number of benzene rings is 1. The Balaban J connectivity index is 2.75. The number of carboxylic acids is 1. The van der Waals surface area contributed by atoms with Gasteiger partial charge in [0.25, 0.3) is 0 Å². The Morgan fingerprint density at radius 2 is 2.00 bits per heavy atom. The van der Waals surface area contributed by atoms with E-state index in [9.17, 15) is 4.79 Å². The number of carboxylic acid groups (broad SMARTS) is 1. The first-order valence-corrected chi connectivity index (χ1v) is 4.25. The summed E-state index contributed by atoms with van der Waals surface area (Å²) in [5.74, 6) is -0.929. The molecule has 1 atom stereocenters. The summed E-state index contributed by atoms with van der Waals surface area (Å²) in [4.78, 5) is 10.5. The monoisotopic (exact) mass is 199 g/mol. The summed E-state index contributed by atoms with van der Waals surface area (Å²) in [7, 11) is 0. The molecule has 0 bridgehead atoms. The van der Waals surface area contributed by atoms with Crippen LogP contribution in [-0.4, -0.2) is 16.6 Å². The average Bonchev–Trinajstić information content (AvgIpc) is 2.04. The molecule has 0 heterocycles. The zero-order chi connectivity index (χ0) is 9.84. The van der Waals surface area contributed by atoms with E-state index in [1.54, 1.807) is 12.1 Å². The van der Waals surface area contributed by atoms with Crippen molar-refractivity contribution in [1.29, 1.82) is 0 Å². The lowest BCUT2D eigenvalue weighted by molar-refractivity contribution is 0.0697. The van der Waals surface area contributed by atoms with E-state index in [1.807, 2.05) is 0 Å². The van der Waals surface area contributed by atoms with Crippen molar-refractivity contribution in [2.75, 3.05) is 0 Å². The van der Waals surface area contributed by atoms with Crippen molar-refractivity contribution in [2.45, 2.75) is 11.9 Å². The van der Waals surface area contributed by atoms with Crippen LogP contribution in [0.25, 0.3) is 0 Å². The van der Waals surface area contributed by atoms with Gasteiger partial charge in [0.1, 0.15) is 0 Å². The molecule has 0 aliphatic rings. The third-order valence-electron chi connectivity index (χ3n) is 1.63. The fourth-order valence-corrected chi connectivity index (χ4v) is 1.19. The van der Waals surface area contributed by atoms with Gasteiger partial charge < -0.3 is 10.8 Å². The minimum Gasteiger partial charge on any atom is -0.478 e. The van der Waals surface area contributed by atoms with Gasteiger partial charge in [0, 0.05) is 6.42 Å². The van der Waals surface area contributed by atoms with Gasteiger partial charge >= 0.3 is 5.97 Å². The molecule has 3 N–H and O–H groups in total. The zero-order valence-electron chi connectivity index (χ0n) is 6.90. The molecule has 70 valence electrons. The molecule has 1 aromatic rings. The van der Waals surface area contributed by atoms with Gasteiger partial charge in [-0.15, -0.1) is 11.6 Å². The van der Waals surface area contributed by atoms with Crippen molar-refractivity contribution in [1.82, 2.24) is 0 Å². The number of hydrogen-bond donors (Lipinski definition) is 2. The van der Waals surface area contributed by atoms with Crippen LogP contribution < -0.4 is 5.73 Å². The van der Waals surface area contributed by atoms with Gasteiger partial charge in [-0.25, -0.2) is 4.79 Å². The first-order valence-electron chi connectivity index (χ1n) is 3.81. The minimum atomic E-state index is -0.929. The lowest BCUT2D eigenvalue weighted by Gasteiger charge is -2.03. The number of aromatic carboxylic acids is 1. The van der Waals surface area contributed by atoms with E-state index in [0.717, 1.165) is 5.56 Å². The molecule has 0 radical (unpaired) electrons. The molecule has 0 fully saturated rings. The predicted octanol–water partition coefficient (Wildman–Crippen LogP) is 1.45. The van der Waals surface area contributed by atoms with E-state index in [4.69, 9.17) is 22.4 Å². The predicted molar refractivity (Wildman–Crippen MR) is 50.9 cm³/mol. The first-order chi connectivity index (χ1) is 6.09. The Bertz CT molecular complexity index is 295. The third-order valence-corrected chi connectivity index (χ3v) is 1.79. The van der Waals surface area contributed by atoms with Crippen molar-refractivity contribution in [3.8, 4) is 0 Å². The Hall–Kier alpha value is -1.06. The van der Waals surface area contributed by atoms with Crippen LogP contribution in [0, 0.1) is 0 Å². The zero-order valence-corrected chi connectivity index (χ0v) is 7.66. The standard InChI is InChI=1S/C9H10ClNO2/c10-8(11)5-6-1-3-7(4-2-6)9(12)13/h1-4,8H,5,11H2,(H,12,13). The van der Waals surface area contributed by atoms with Crippen LogP contribution in [0.4, 0.5) is 0 Å². The van der Waals surface area contributed by atoms with Gasteiger partial charge in [-0.1, -0.05) is 12.1 Å².